The number of rotatable bonds is 7. The molecule has 2 aromatic carbocycles. The van der Waals surface area contributed by atoms with E-state index < -0.39 is 23.4 Å². The highest BCUT2D eigenvalue weighted by molar-refractivity contribution is 7.12. The highest BCUT2D eigenvalue weighted by atomic mass is 35.5. The molecule has 11 heteroatoms. The van der Waals surface area contributed by atoms with Crippen LogP contribution in [-0.4, -0.2) is 36.4 Å². The molecule has 0 bridgehead atoms. The number of thiophene rings is 1. The van der Waals surface area contributed by atoms with E-state index in [0.29, 0.717) is 10.6 Å². The van der Waals surface area contributed by atoms with Gasteiger partial charge in [-0.1, -0.05) is 29.8 Å². The van der Waals surface area contributed by atoms with Gasteiger partial charge in [0.15, 0.2) is 6.61 Å². The van der Waals surface area contributed by atoms with E-state index in [1.54, 1.807) is 35.7 Å². The fraction of sp³-hybridized carbons (Fsp3) is 0.0952. The van der Waals surface area contributed by atoms with Crippen LogP contribution in [0.25, 0.3) is 0 Å². The number of para-hydroxylation sites is 1. The first-order valence-electron chi connectivity index (χ1n) is 9.09. The SMILES string of the molecule is CN(C(=O)c1cccs1)c1ccccc1C(=O)OCC(=O)Nc1ccc(Cl)c([N+](=O)[O-])c1. The van der Waals surface area contributed by atoms with E-state index in [2.05, 4.69) is 5.32 Å². The zero-order valence-corrected chi connectivity index (χ0v) is 18.2. The maximum atomic E-state index is 12.6. The molecule has 3 rings (SSSR count). The Bertz CT molecular complexity index is 1180. The molecule has 3 aromatic rings. The third-order valence-electron chi connectivity index (χ3n) is 4.28. The van der Waals surface area contributed by atoms with Gasteiger partial charge in [0.2, 0.25) is 0 Å². The summed E-state index contributed by atoms with van der Waals surface area (Å²) in [7, 11) is 1.54. The fourth-order valence-electron chi connectivity index (χ4n) is 2.75. The van der Waals surface area contributed by atoms with Crippen LogP contribution in [0.15, 0.2) is 60.0 Å². The number of halogens is 1. The van der Waals surface area contributed by atoms with E-state index in [4.69, 9.17) is 16.3 Å². The molecule has 0 unspecified atom stereocenters. The van der Waals surface area contributed by atoms with Crippen LogP contribution in [0.2, 0.25) is 5.02 Å². The largest absolute Gasteiger partial charge is 0.452 e. The van der Waals surface area contributed by atoms with Gasteiger partial charge >= 0.3 is 5.97 Å². The van der Waals surface area contributed by atoms with Crippen LogP contribution >= 0.6 is 22.9 Å². The molecule has 0 spiro atoms. The molecular formula is C21H16ClN3O6S. The van der Waals surface area contributed by atoms with Crippen molar-refractivity contribution in [2.45, 2.75) is 0 Å². The molecule has 2 amide bonds. The topological polar surface area (TPSA) is 119 Å². The van der Waals surface area contributed by atoms with Crippen molar-refractivity contribution in [3.63, 3.8) is 0 Å². The molecule has 32 heavy (non-hydrogen) atoms. The lowest BCUT2D eigenvalue weighted by Crippen LogP contribution is -2.28. The summed E-state index contributed by atoms with van der Waals surface area (Å²) in [5.74, 6) is -1.79. The predicted molar refractivity (Wildman–Crippen MR) is 121 cm³/mol. The number of hydrogen-bond acceptors (Lipinski definition) is 7. The van der Waals surface area contributed by atoms with Gasteiger partial charge < -0.3 is 15.0 Å². The quantitative estimate of drug-likeness (QED) is 0.309. The van der Waals surface area contributed by atoms with E-state index in [1.165, 1.54) is 41.5 Å². The molecule has 0 saturated carbocycles. The Balaban J connectivity index is 1.67. The number of carbonyl (C=O) groups excluding carboxylic acids is 3. The number of amides is 2. The van der Waals surface area contributed by atoms with Gasteiger partial charge in [0.25, 0.3) is 17.5 Å². The number of nitro groups is 1. The van der Waals surface area contributed by atoms with Crippen LogP contribution < -0.4 is 10.2 Å². The molecule has 164 valence electrons. The summed E-state index contributed by atoms with van der Waals surface area (Å²) in [6.45, 7) is -0.633. The van der Waals surface area contributed by atoms with Crippen molar-refractivity contribution in [2.24, 2.45) is 0 Å². The van der Waals surface area contributed by atoms with Crippen molar-refractivity contribution < 1.29 is 24.0 Å². The van der Waals surface area contributed by atoms with Crippen LogP contribution in [0, 0.1) is 10.1 Å². The van der Waals surface area contributed by atoms with E-state index in [0.717, 1.165) is 6.07 Å². The number of nitrogens with zero attached hydrogens (tertiary/aromatic N) is 2. The minimum absolute atomic E-state index is 0.0720. The third kappa shape index (κ3) is 5.29. The maximum absolute atomic E-state index is 12.6. The third-order valence-corrected chi connectivity index (χ3v) is 5.46. The molecule has 1 N–H and O–H groups in total. The lowest BCUT2D eigenvalue weighted by atomic mass is 10.1. The van der Waals surface area contributed by atoms with Crippen LogP contribution in [0.3, 0.4) is 0 Å². The normalized spacial score (nSPS) is 10.3. The number of hydrogen-bond donors (Lipinski definition) is 1. The monoisotopic (exact) mass is 473 g/mol. The predicted octanol–water partition coefficient (Wildman–Crippen LogP) is 4.38. The highest BCUT2D eigenvalue weighted by Gasteiger charge is 2.22. The van der Waals surface area contributed by atoms with Gasteiger partial charge in [0.1, 0.15) is 5.02 Å². The van der Waals surface area contributed by atoms with Crippen molar-refractivity contribution in [1.29, 1.82) is 0 Å². The van der Waals surface area contributed by atoms with E-state index in [9.17, 15) is 24.5 Å². The molecule has 9 nitrogen and oxygen atoms in total. The average Bonchev–Trinajstić information content (AvgIpc) is 3.32. The molecule has 0 radical (unpaired) electrons. The second-order valence-corrected chi connectivity index (χ2v) is 7.76. The number of esters is 1. The van der Waals surface area contributed by atoms with Crippen LogP contribution in [0.1, 0.15) is 20.0 Å². The first-order valence-corrected chi connectivity index (χ1v) is 10.3. The summed E-state index contributed by atoms with van der Waals surface area (Å²) < 4.78 is 5.08. The molecule has 0 aliphatic rings. The molecule has 0 atom stereocenters. The number of benzene rings is 2. The van der Waals surface area contributed by atoms with Gasteiger partial charge in [0.05, 0.1) is 21.1 Å². The summed E-state index contributed by atoms with van der Waals surface area (Å²) in [5, 5.41) is 15.1. The minimum Gasteiger partial charge on any atom is -0.452 e. The second kappa shape index (κ2) is 10.0. The van der Waals surface area contributed by atoms with Gasteiger partial charge in [0, 0.05) is 18.8 Å². The summed E-state index contributed by atoms with van der Waals surface area (Å²) in [4.78, 5) is 49.4. The van der Waals surface area contributed by atoms with Gasteiger partial charge in [-0.2, -0.15) is 0 Å². The molecule has 0 fully saturated rings. The lowest BCUT2D eigenvalue weighted by molar-refractivity contribution is -0.384. The van der Waals surface area contributed by atoms with Gasteiger partial charge in [-0.15, -0.1) is 11.3 Å². The van der Waals surface area contributed by atoms with Crippen molar-refractivity contribution in [1.82, 2.24) is 0 Å². The molecule has 0 aliphatic heterocycles. The summed E-state index contributed by atoms with van der Waals surface area (Å²) in [6.07, 6.45) is 0. The Morgan fingerprint density at radius 3 is 2.59 bits per heavy atom. The molecule has 0 aliphatic carbocycles. The van der Waals surface area contributed by atoms with Crippen molar-refractivity contribution in [2.75, 3.05) is 23.9 Å². The van der Waals surface area contributed by atoms with Gasteiger partial charge in [-0.05, 0) is 35.7 Å². The summed E-state index contributed by atoms with van der Waals surface area (Å²) >= 11 is 7.02. The Morgan fingerprint density at radius 1 is 1.16 bits per heavy atom. The van der Waals surface area contributed by atoms with Crippen molar-refractivity contribution >= 4 is 57.8 Å². The summed E-state index contributed by atoms with van der Waals surface area (Å²) in [5.41, 5.74) is 0.192. The van der Waals surface area contributed by atoms with Gasteiger partial charge in [-0.3, -0.25) is 19.7 Å². The highest BCUT2D eigenvalue weighted by Crippen LogP contribution is 2.27. The Hall–Kier alpha value is -3.76. The summed E-state index contributed by atoms with van der Waals surface area (Å²) in [6, 6.07) is 13.5. The fourth-order valence-corrected chi connectivity index (χ4v) is 3.64. The smallest absolute Gasteiger partial charge is 0.340 e. The van der Waals surface area contributed by atoms with E-state index in [-0.39, 0.29) is 27.9 Å². The molecular weight excluding hydrogens is 458 g/mol. The molecule has 1 heterocycles. The lowest BCUT2D eigenvalue weighted by Gasteiger charge is -2.19. The van der Waals surface area contributed by atoms with E-state index in [1.807, 2.05) is 0 Å². The van der Waals surface area contributed by atoms with Crippen LogP contribution in [0.5, 0.6) is 0 Å². The average molecular weight is 474 g/mol. The number of nitro benzene ring substituents is 1. The van der Waals surface area contributed by atoms with Crippen LogP contribution in [-0.2, 0) is 9.53 Å². The zero-order valence-electron chi connectivity index (χ0n) is 16.6. The Kier molecular flexibility index (Phi) is 7.18. The minimum atomic E-state index is -0.802. The number of ether oxygens (including phenoxy) is 1. The number of carbonyl (C=O) groups is 3. The Morgan fingerprint density at radius 2 is 1.91 bits per heavy atom. The van der Waals surface area contributed by atoms with Crippen molar-refractivity contribution in [3.8, 4) is 0 Å². The van der Waals surface area contributed by atoms with Gasteiger partial charge in [-0.25, -0.2) is 4.79 Å². The number of anilines is 2. The van der Waals surface area contributed by atoms with E-state index >= 15 is 0 Å². The zero-order chi connectivity index (χ0) is 23.3. The molecule has 0 saturated heterocycles. The molecule has 1 aromatic heterocycles. The van der Waals surface area contributed by atoms with Crippen molar-refractivity contribution in [3.05, 3.63) is 85.6 Å². The standard InChI is InChI=1S/C21H16ClN3O6S/c1-24(20(27)18-7-4-10-32-18)16-6-3-2-5-14(16)21(28)31-12-19(26)23-13-8-9-15(22)17(11-13)25(29)30/h2-11H,12H2,1H3,(H,23,26). The number of nitrogens with one attached hydrogen (secondary N) is 1. The maximum Gasteiger partial charge on any atom is 0.340 e. The van der Waals surface area contributed by atoms with Crippen LogP contribution in [0.4, 0.5) is 17.1 Å². The Labute approximate surface area is 191 Å². The first kappa shape index (κ1) is 22.9. The first-order chi connectivity index (χ1) is 15.3. The second-order valence-electron chi connectivity index (χ2n) is 6.41.